The van der Waals surface area contributed by atoms with E-state index >= 15 is 0 Å². The Kier molecular flexibility index (Phi) is 4.31. The highest BCUT2D eigenvalue weighted by molar-refractivity contribution is 5.75. The van der Waals surface area contributed by atoms with Crippen molar-refractivity contribution >= 4 is 5.97 Å². The number of hydrogen-bond acceptors (Lipinski definition) is 2. The molecule has 2 unspecified atom stereocenters. The summed E-state index contributed by atoms with van der Waals surface area (Å²) in [5, 5.41) is 19.7. The third kappa shape index (κ3) is 2.42. The number of carboxylic acids is 1. The second-order valence-corrected chi connectivity index (χ2v) is 6.30. The molecule has 2 aliphatic carbocycles. The molecular formula is C15H26O3. The fourth-order valence-corrected chi connectivity index (χ4v) is 4.22. The molecule has 0 saturated heterocycles. The van der Waals surface area contributed by atoms with Gasteiger partial charge in [0, 0.05) is 5.92 Å². The summed E-state index contributed by atoms with van der Waals surface area (Å²) < 4.78 is 0. The topological polar surface area (TPSA) is 57.5 Å². The van der Waals surface area contributed by atoms with Crippen molar-refractivity contribution in [3.63, 3.8) is 0 Å². The van der Waals surface area contributed by atoms with E-state index in [1.807, 2.05) is 0 Å². The van der Waals surface area contributed by atoms with Gasteiger partial charge in [-0.2, -0.15) is 0 Å². The highest BCUT2D eigenvalue weighted by Crippen LogP contribution is 2.51. The van der Waals surface area contributed by atoms with Crippen molar-refractivity contribution in [1.29, 1.82) is 0 Å². The largest absolute Gasteiger partial charge is 0.481 e. The minimum Gasteiger partial charge on any atom is -0.481 e. The van der Waals surface area contributed by atoms with E-state index in [9.17, 15) is 15.0 Å². The van der Waals surface area contributed by atoms with Crippen LogP contribution in [0.25, 0.3) is 0 Å². The van der Waals surface area contributed by atoms with Crippen molar-refractivity contribution in [3.8, 4) is 0 Å². The Hall–Kier alpha value is -0.570. The third-order valence-corrected chi connectivity index (χ3v) is 5.31. The van der Waals surface area contributed by atoms with Gasteiger partial charge in [-0.05, 0) is 44.4 Å². The van der Waals surface area contributed by atoms with Crippen LogP contribution in [0, 0.1) is 17.3 Å². The lowest BCUT2D eigenvalue weighted by Gasteiger charge is -2.42. The van der Waals surface area contributed by atoms with Gasteiger partial charge in [-0.15, -0.1) is 0 Å². The van der Waals surface area contributed by atoms with Gasteiger partial charge in [0.1, 0.15) is 0 Å². The molecule has 104 valence electrons. The average molecular weight is 254 g/mol. The predicted octanol–water partition coefficient (Wildman–Crippen LogP) is 3.21. The van der Waals surface area contributed by atoms with E-state index < -0.39 is 11.4 Å². The zero-order valence-corrected chi connectivity index (χ0v) is 11.4. The molecular weight excluding hydrogens is 228 g/mol. The second kappa shape index (κ2) is 5.60. The Balaban J connectivity index is 2.08. The minimum atomic E-state index is -0.664. The maximum absolute atomic E-state index is 11.8. The van der Waals surface area contributed by atoms with Gasteiger partial charge in [0.2, 0.25) is 0 Å². The molecule has 0 aromatic carbocycles. The van der Waals surface area contributed by atoms with Gasteiger partial charge in [-0.1, -0.05) is 26.2 Å². The lowest BCUT2D eigenvalue weighted by Crippen LogP contribution is -2.44. The summed E-state index contributed by atoms with van der Waals surface area (Å²) in [6.45, 7) is 2.19. The van der Waals surface area contributed by atoms with Crippen LogP contribution in [0.4, 0.5) is 0 Å². The lowest BCUT2D eigenvalue weighted by atomic mass is 9.62. The number of carboxylic acid groups (broad SMARTS) is 1. The standard InChI is InChI=1S/C15H26O3/c1-2-4-11-7-9-15(10-8-11,14(17)18)12-5-3-6-13(12)16/h11-13,16H,2-10H2,1H3,(H,17,18). The molecule has 2 atom stereocenters. The molecule has 3 heteroatoms. The van der Waals surface area contributed by atoms with Gasteiger partial charge < -0.3 is 10.2 Å². The molecule has 2 rings (SSSR count). The normalized spacial score (nSPS) is 40.9. The first-order chi connectivity index (χ1) is 8.60. The summed E-state index contributed by atoms with van der Waals surface area (Å²) in [4.78, 5) is 11.8. The molecule has 0 radical (unpaired) electrons. The van der Waals surface area contributed by atoms with Crippen molar-refractivity contribution < 1.29 is 15.0 Å². The number of aliphatic carboxylic acids is 1. The van der Waals surface area contributed by atoms with Crippen LogP contribution in [-0.4, -0.2) is 22.3 Å². The van der Waals surface area contributed by atoms with Crippen LogP contribution in [0.5, 0.6) is 0 Å². The summed E-state index contributed by atoms with van der Waals surface area (Å²) >= 11 is 0. The van der Waals surface area contributed by atoms with Crippen LogP contribution >= 0.6 is 0 Å². The van der Waals surface area contributed by atoms with Crippen molar-refractivity contribution in [2.45, 2.75) is 70.8 Å². The average Bonchev–Trinajstić information content (AvgIpc) is 2.77. The van der Waals surface area contributed by atoms with Gasteiger partial charge in [0.05, 0.1) is 11.5 Å². The molecule has 2 fully saturated rings. The number of hydrogen-bond donors (Lipinski definition) is 2. The molecule has 2 saturated carbocycles. The van der Waals surface area contributed by atoms with Crippen molar-refractivity contribution in [2.24, 2.45) is 17.3 Å². The molecule has 18 heavy (non-hydrogen) atoms. The van der Waals surface area contributed by atoms with Crippen LogP contribution in [0.15, 0.2) is 0 Å². The lowest BCUT2D eigenvalue weighted by molar-refractivity contribution is -0.159. The van der Waals surface area contributed by atoms with Gasteiger partial charge in [0.25, 0.3) is 0 Å². The molecule has 0 bridgehead atoms. The summed E-state index contributed by atoms with van der Waals surface area (Å²) in [5.41, 5.74) is -0.625. The first-order valence-corrected chi connectivity index (χ1v) is 7.51. The number of carbonyl (C=O) groups is 1. The van der Waals surface area contributed by atoms with E-state index in [2.05, 4.69) is 6.92 Å². The Morgan fingerprint density at radius 2 is 1.89 bits per heavy atom. The van der Waals surface area contributed by atoms with Crippen LogP contribution in [-0.2, 0) is 4.79 Å². The van der Waals surface area contributed by atoms with E-state index in [1.165, 1.54) is 12.8 Å². The van der Waals surface area contributed by atoms with E-state index in [-0.39, 0.29) is 12.0 Å². The first-order valence-electron chi connectivity index (χ1n) is 7.51. The number of aliphatic hydroxyl groups excluding tert-OH is 1. The SMILES string of the molecule is CCCC1CCC(C(=O)O)(C2CCCC2O)CC1. The van der Waals surface area contributed by atoms with Crippen LogP contribution < -0.4 is 0 Å². The molecule has 3 nitrogen and oxygen atoms in total. The second-order valence-electron chi connectivity index (χ2n) is 6.30. The van der Waals surface area contributed by atoms with Gasteiger partial charge in [-0.25, -0.2) is 0 Å². The quantitative estimate of drug-likeness (QED) is 0.810. The van der Waals surface area contributed by atoms with E-state index in [0.29, 0.717) is 5.92 Å². The van der Waals surface area contributed by atoms with E-state index in [0.717, 1.165) is 44.9 Å². The third-order valence-electron chi connectivity index (χ3n) is 5.31. The Labute approximate surface area is 110 Å². The van der Waals surface area contributed by atoms with Crippen LogP contribution in [0.3, 0.4) is 0 Å². The molecule has 0 aliphatic heterocycles. The number of rotatable bonds is 4. The summed E-state index contributed by atoms with van der Waals surface area (Å²) in [5.74, 6) is 0.0435. The van der Waals surface area contributed by atoms with Gasteiger partial charge in [0.15, 0.2) is 0 Å². The molecule has 0 amide bonds. The molecule has 0 aromatic rings. The zero-order valence-electron chi connectivity index (χ0n) is 11.4. The highest BCUT2D eigenvalue weighted by Gasteiger charge is 2.51. The van der Waals surface area contributed by atoms with Crippen molar-refractivity contribution in [2.75, 3.05) is 0 Å². The monoisotopic (exact) mass is 254 g/mol. The summed E-state index contributed by atoms with van der Waals surface area (Å²) in [6.07, 6.45) is 8.31. The Morgan fingerprint density at radius 3 is 2.33 bits per heavy atom. The summed E-state index contributed by atoms with van der Waals surface area (Å²) in [7, 11) is 0. The molecule has 0 aromatic heterocycles. The van der Waals surface area contributed by atoms with E-state index in [1.54, 1.807) is 0 Å². The maximum Gasteiger partial charge on any atom is 0.310 e. The first kappa shape index (κ1) is 13.9. The van der Waals surface area contributed by atoms with Gasteiger partial charge >= 0.3 is 5.97 Å². The fourth-order valence-electron chi connectivity index (χ4n) is 4.22. The molecule has 0 heterocycles. The number of aliphatic hydroxyl groups is 1. The minimum absolute atomic E-state index is 0.00224. The van der Waals surface area contributed by atoms with Crippen LogP contribution in [0.1, 0.15) is 64.7 Å². The van der Waals surface area contributed by atoms with E-state index in [4.69, 9.17) is 0 Å². The maximum atomic E-state index is 11.8. The van der Waals surface area contributed by atoms with Gasteiger partial charge in [-0.3, -0.25) is 4.79 Å². The zero-order chi connectivity index (χ0) is 13.2. The van der Waals surface area contributed by atoms with Crippen molar-refractivity contribution in [1.82, 2.24) is 0 Å². The van der Waals surface area contributed by atoms with Crippen molar-refractivity contribution in [3.05, 3.63) is 0 Å². The van der Waals surface area contributed by atoms with Crippen LogP contribution in [0.2, 0.25) is 0 Å². The molecule has 0 spiro atoms. The summed E-state index contributed by atoms with van der Waals surface area (Å²) in [6, 6.07) is 0. The fraction of sp³-hybridized carbons (Fsp3) is 0.933. The molecule has 2 aliphatic rings. The Bertz CT molecular complexity index is 292. The molecule has 2 N–H and O–H groups in total. The predicted molar refractivity (Wildman–Crippen MR) is 70.3 cm³/mol. The smallest absolute Gasteiger partial charge is 0.310 e. The Morgan fingerprint density at radius 1 is 1.22 bits per heavy atom. The highest BCUT2D eigenvalue weighted by atomic mass is 16.4.